The minimum absolute atomic E-state index is 0.771. The molecule has 0 aliphatic rings. The van der Waals surface area contributed by atoms with Crippen molar-refractivity contribution in [2.75, 3.05) is 0 Å². The number of rotatable bonds is 2. The Morgan fingerprint density at radius 3 is 2.38 bits per heavy atom. The molecule has 0 saturated heterocycles. The lowest BCUT2D eigenvalue weighted by molar-refractivity contribution is 1.22. The molecule has 0 N–H and O–H groups in total. The normalized spacial score (nSPS) is 10.4. The topological polar surface area (TPSA) is 0 Å². The molecule has 81 valence electrons. The van der Waals surface area contributed by atoms with Crippen LogP contribution in [0.4, 0.5) is 0 Å². The number of hydrogen-bond donors (Lipinski definition) is 0. The molecule has 2 aromatic carbocycles. The summed E-state index contributed by atoms with van der Waals surface area (Å²) in [5, 5.41) is 0.771. The lowest BCUT2D eigenvalue weighted by Crippen LogP contribution is -1.91. The molecule has 0 spiro atoms. The summed E-state index contributed by atoms with van der Waals surface area (Å²) in [6, 6.07) is 14.3. The van der Waals surface area contributed by atoms with Crippen LogP contribution in [-0.2, 0) is 6.42 Å². The maximum atomic E-state index is 5.89. The first-order valence-corrected chi connectivity index (χ1v) is 5.74. The summed E-state index contributed by atoms with van der Waals surface area (Å²) in [4.78, 5) is 0. The second kappa shape index (κ2) is 4.71. The highest BCUT2D eigenvalue weighted by molar-refractivity contribution is 6.30. The molecular formula is C15H14Cl. The van der Waals surface area contributed by atoms with E-state index in [1.54, 1.807) is 0 Å². The molecule has 0 amide bonds. The summed E-state index contributed by atoms with van der Waals surface area (Å²) < 4.78 is 0. The van der Waals surface area contributed by atoms with E-state index in [2.05, 4.69) is 44.2 Å². The maximum Gasteiger partial charge on any atom is 0.0406 e. The van der Waals surface area contributed by atoms with Crippen LogP contribution in [-0.4, -0.2) is 0 Å². The molecule has 0 heterocycles. The Bertz CT molecular complexity index is 483. The summed E-state index contributed by atoms with van der Waals surface area (Å²) >= 11 is 5.89. The Morgan fingerprint density at radius 1 is 1.06 bits per heavy atom. The van der Waals surface area contributed by atoms with Gasteiger partial charge < -0.3 is 0 Å². The van der Waals surface area contributed by atoms with Crippen LogP contribution in [0.5, 0.6) is 0 Å². The fourth-order valence-electron chi connectivity index (χ4n) is 1.93. The van der Waals surface area contributed by atoms with Crippen LogP contribution < -0.4 is 0 Å². The van der Waals surface area contributed by atoms with Crippen molar-refractivity contribution in [3.05, 3.63) is 65.5 Å². The third kappa shape index (κ3) is 2.12. The maximum absolute atomic E-state index is 5.89. The van der Waals surface area contributed by atoms with Crippen LogP contribution in [0.15, 0.2) is 42.5 Å². The highest BCUT2D eigenvalue weighted by Crippen LogP contribution is 2.27. The van der Waals surface area contributed by atoms with E-state index in [1.807, 2.05) is 12.1 Å². The molecule has 2 rings (SSSR count). The van der Waals surface area contributed by atoms with Crippen molar-refractivity contribution in [2.24, 2.45) is 0 Å². The second-order valence-electron chi connectivity index (χ2n) is 3.86. The van der Waals surface area contributed by atoms with Gasteiger partial charge in [-0.1, -0.05) is 41.9 Å². The average Bonchev–Trinajstić information content (AvgIpc) is 2.30. The van der Waals surface area contributed by atoms with E-state index in [0.29, 0.717) is 0 Å². The minimum atomic E-state index is 0.771. The average molecular weight is 230 g/mol. The van der Waals surface area contributed by atoms with Crippen molar-refractivity contribution in [3.8, 4) is 11.1 Å². The monoisotopic (exact) mass is 229 g/mol. The summed E-state index contributed by atoms with van der Waals surface area (Å²) in [6.07, 6.45) is 0.810. The zero-order chi connectivity index (χ0) is 11.5. The van der Waals surface area contributed by atoms with Gasteiger partial charge in [-0.05, 0) is 54.7 Å². The molecule has 0 saturated carbocycles. The fourth-order valence-corrected chi connectivity index (χ4v) is 2.06. The summed E-state index contributed by atoms with van der Waals surface area (Å²) in [6.45, 7) is 6.12. The number of benzene rings is 2. The number of hydrogen-bond acceptors (Lipinski definition) is 0. The van der Waals surface area contributed by atoms with Crippen LogP contribution in [0, 0.1) is 13.8 Å². The first kappa shape index (κ1) is 11.2. The van der Waals surface area contributed by atoms with Crippen LogP contribution >= 0.6 is 11.6 Å². The van der Waals surface area contributed by atoms with Crippen LogP contribution in [0.1, 0.15) is 11.1 Å². The smallest absolute Gasteiger partial charge is 0.0406 e. The van der Waals surface area contributed by atoms with Gasteiger partial charge in [0.2, 0.25) is 0 Å². The Morgan fingerprint density at radius 2 is 1.75 bits per heavy atom. The van der Waals surface area contributed by atoms with E-state index in [4.69, 9.17) is 11.6 Å². The minimum Gasteiger partial charge on any atom is -0.0843 e. The van der Waals surface area contributed by atoms with Gasteiger partial charge in [0.25, 0.3) is 0 Å². The van der Waals surface area contributed by atoms with Gasteiger partial charge in [0.15, 0.2) is 0 Å². The molecule has 2 aromatic rings. The highest BCUT2D eigenvalue weighted by Gasteiger charge is 2.05. The van der Waals surface area contributed by atoms with E-state index in [1.165, 1.54) is 22.3 Å². The Kier molecular flexibility index (Phi) is 3.31. The van der Waals surface area contributed by atoms with Crippen LogP contribution in [0.3, 0.4) is 0 Å². The van der Waals surface area contributed by atoms with Crippen molar-refractivity contribution in [2.45, 2.75) is 13.3 Å². The van der Waals surface area contributed by atoms with E-state index in [-0.39, 0.29) is 0 Å². The van der Waals surface area contributed by atoms with Gasteiger partial charge >= 0.3 is 0 Å². The Balaban J connectivity index is 2.55. The molecule has 1 heteroatoms. The van der Waals surface area contributed by atoms with Crippen molar-refractivity contribution in [1.29, 1.82) is 0 Å². The predicted molar refractivity (Wildman–Crippen MR) is 70.7 cm³/mol. The lowest BCUT2D eigenvalue weighted by atomic mass is 9.94. The van der Waals surface area contributed by atoms with Crippen molar-refractivity contribution in [1.82, 2.24) is 0 Å². The highest BCUT2D eigenvalue weighted by atomic mass is 35.5. The largest absolute Gasteiger partial charge is 0.0843 e. The van der Waals surface area contributed by atoms with Gasteiger partial charge in [-0.3, -0.25) is 0 Å². The van der Waals surface area contributed by atoms with Crippen molar-refractivity contribution >= 4 is 11.6 Å². The van der Waals surface area contributed by atoms with Gasteiger partial charge in [-0.2, -0.15) is 0 Å². The molecule has 0 aliphatic heterocycles. The molecule has 0 fully saturated rings. The molecular weight excluding hydrogens is 216 g/mol. The Labute approximate surface area is 102 Å². The van der Waals surface area contributed by atoms with Crippen molar-refractivity contribution < 1.29 is 0 Å². The zero-order valence-corrected chi connectivity index (χ0v) is 10.1. The van der Waals surface area contributed by atoms with Gasteiger partial charge in [-0.25, -0.2) is 0 Å². The molecule has 0 nitrogen and oxygen atoms in total. The van der Waals surface area contributed by atoms with Gasteiger partial charge in [-0.15, -0.1) is 0 Å². The fraction of sp³-hybridized carbons (Fsp3) is 0.133. The standard InChI is InChI=1S/C15H14Cl/c1-3-14-11(2)5-4-6-15(14)12-7-9-13(16)10-8-12/h4-10H,1,3H2,2H3. The lowest BCUT2D eigenvalue weighted by Gasteiger charge is -2.11. The summed E-state index contributed by atoms with van der Waals surface area (Å²) in [5.41, 5.74) is 5.06. The second-order valence-corrected chi connectivity index (χ2v) is 4.29. The molecule has 0 unspecified atom stereocenters. The van der Waals surface area contributed by atoms with Crippen molar-refractivity contribution in [3.63, 3.8) is 0 Å². The van der Waals surface area contributed by atoms with Gasteiger partial charge in [0, 0.05) is 5.02 Å². The van der Waals surface area contributed by atoms with E-state index >= 15 is 0 Å². The zero-order valence-electron chi connectivity index (χ0n) is 9.33. The van der Waals surface area contributed by atoms with E-state index < -0.39 is 0 Å². The Hall–Kier alpha value is -1.27. The quantitative estimate of drug-likeness (QED) is 0.701. The van der Waals surface area contributed by atoms with Crippen LogP contribution in [0.2, 0.25) is 5.02 Å². The SMILES string of the molecule is [CH2]Cc1c(C)cccc1-c1ccc(Cl)cc1. The van der Waals surface area contributed by atoms with Gasteiger partial charge in [0.05, 0.1) is 0 Å². The predicted octanol–water partition coefficient (Wildman–Crippen LogP) is 4.69. The molecule has 1 radical (unpaired) electrons. The molecule has 16 heavy (non-hydrogen) atoms. The first-order valence-electron chi connectivity index (χ1n) is 5.36. The third-order valence-corrected chi connectivity index (χ3v) is 3.07. The van der Waals surface area contributed by atoms with E-state index in [0.717, 1.165) is 11.4 Å². The summed E-state index contributed by atoms with van der Waals surface area (Å²) in [5.74, 6) is 0. The number of aryl methyl sites for hydroxylation is 1. The van der Waals surface area contributed by atoms with Gasteiger partial charge in [0.1, 0.15) is 0 Å². The molecule has 0 bridgehead atoms. The third-order valence-electron chi connectivity index (χ3n) is 2.82. The number of halogens is 1. The molecule has 0 aliphatic carbocycles. The van der Waals surface area contributed by atoms with Crippen LogP contribution in [0.25, 0.3) is 11.1 Å². The molecule has 0 atom stereocenters. The summed E-state index contributed by atoms with van der Waals surface area (Å²) in [7, 11) is 0. The van der Waals surface area contributed by atoms with E-state index in [9.17, 15) is 0 Å². The first-order chi connectivity index (χ1) is 7.72. The molecule has 0 aromatic heterocycles.